The van der Waals surface area contributed by atoms with Crippen LogP contribution in [0.3, 0.4) is 0 Å². The van der Waals surface area contributed by atoms with Crippen molar-refractivity contribution in [1.82, 2.24) is 5.32 Å². The molecule has 146 valence electrons. The highest BCUT2D eigenvalue weighted by molar-refractivity contribution is 6.30. The average Bonchev–Trinajstić information content (AvgIpc) is 3.20. The molecular weight excluding hydrogens is 376 g/mol. The van der Waals surface area contributed by atoms with Gasteiger partial charge in [0.1, 0.15) is 11.5 Å². The van der Waals surface area contributed by atoms with Crippen molar-refractivity contribution in [3.8, 4) is 11.3 Å². The number of carbonyl (C=O) groups excluding carboxylic acids is 1. The summed E-state index contributed by atoms with van der Waals surface area (Å²) in [4.78, 5) is 12.1. The fourth-order valence-corrected chi connectivity index (χ4v) is 2.84. The topological polar surface area (TPSA) is 63.5 Å². The molecule has 0 bridgehead atoms. The Hall–Kier alpha value is -2.76. The zero-order valence-electron chi connectivity index (χ0n) is 15.9. The first kappa shape index (κ1) is 20.0. The van der Waals surface area contributed by atoms with Gasteiger partial charge < -0.3 is 19.8 Å². The SMILES string of the molecule is COC(C)c1cccc(NCC(=O)NCc2ccc(-c3ccc(Cl)cc3)o2)c1. The Morgan fingerprint density at radius 2 is 1.93 bits per heavy atom. The van der Waals surface area contributed by atoms with Crippen LogP contribution in [0, 0.1) is 0 Å². The molecule has 3 aromatic rings. The van der Waals surface area contributed by atoms with Crippen LogP contribution in [0.1, 0.15) is 24.4 Å². The molecule has 0 saturated heterocycles. The van der Waals surface area contributed by atoms with Crippen molar-refractivity contribution < 1.29 is 13.9 Å². The van der Waals surface area contributed by atoms with E-state index in [0.29, 0.717) is 17.3 Å². The first-order valence-corrected chi connectivity index (χ1v) is 9.41. The van der Waals surface area contributed by atoms with E-state index in [-0.39, 0.29) is 18.6 Å². The molecule has 0 radical (unpaired) electrons. The number of methoxy groups -OCH3 is 1. The Balaban J connectivity index is 1.49. The molecule has 1 unspecified atom stereocenters. The molecule has 1 atom stereocenters. The average molecular weight is 399 g/mol. The lowest BCUT2D eigenvalue weighted by atomic mass is 10.1. The van der Waals surface area contributed by atoms with Crippen molar-refractivity contribution in [2.45, 2.75) is 19.6 Å². The molecule has 2 aromatic carbocycles. The van der Waals surface area contributed by atoms with Crippen molar-refractivity contribution in [2.75, 3.05) is 19.0 Å². The highest BCUT2D eigenvalue weighted by Gasteiger charge is 2.08. The number of hydrogen-bond acceptors (Lipinski definition) is 4. The van der Waals surface area contributed by atoms with Crippen LogP contribution in [0.5, 0.6) is 0 Å². The summed E-state index contributed by atoms with van der Waals surface area (Å²) in [5, 5.41) is 6.65. The normalized spacial score (nSPS) is 11.8. The summed E-state index contributed by atoms with van der Waals surface area (Å²) in [6.07, 6.45) is 0.00404. The maximum Gasteiger partial charge on any atom is 0.239 e. The lowest BCUT2D eigenvalue weighted by Crippen LogP contribution is -2.29. The molecule has 1 heterocycles. The first-order valence-electron chi connectivity index (χ1n) is 9.03. The molecule has 1 aromatic heterocycles. The van der Waals surface area contributed by atoms with Crippen molar-refractivity contribution in [1.29, 1.82) is 0 Å². The van der Waals surface area contributed by atoms with E-state index in [4.69, 9.17) is 20.8 Å². The standard InChI is InChI=1S/C22H23ClN2O3/c1-15(27-2)17-4-3-5-19(12-17)24-14-22(26)25-13-20-10-11-21(28-20)16-6-8-18(23)9-7-16/h3-12,15,24H,13-14H2,1-2H3,(H,25,26). The van der Waals surface area contributed by atoms with Crippen LogP contribution in [0.25, 0.3) is 11.3 Å². The molecule has 6 heteroatoms. The van der Waals surface area contributed by atoms with E-state index >= 15 is 0 Å². The van der Waals surface area contributed by atoms with E-state index in [0.717, 1.165) is 22.6 Å². The molecule has 28 heavy (non-hydrogen) atoms. The third-order valence-electron chi connectivity index (χ3n) is 4.41. The van der Waals surface area contributed by atoms with Gasteiger partial charge in [-0.05, 0) is 61.0 Å². The second-order valence-corrected chi connectivity index (χ2v) is 6.84. The van der Waals surface area contributed by atoms with Crippen LogP contribution < -0.4 is 10.6 Å². The number of furan rings is 1. The molecule has 0 saturated carbocycles. The molecule has 1 amide bonds. The second-order valence-electron chi connectivity index (χ2n) is 6.41. The summed E-state index contributed by atoms with van der Waals surface area (Å²) in [5.41, 5.74) is 2.87. The number of carbonyl (C=O) groups is 1. The summed E-state index contributed by atoms with van der Waals surface area (Å²) in [5.74, 6) is 1.31. The lowest BCUT2D eigenvalue weighted by molar-refractivity contribution is -0.119. The molecule has 0 spiro atoms. The molecule has 0 aliphatic heterocycles. The number of nitrogens with one attached hydrogen (secondary N) is 2. The minimum absolute atomic E-state index is 0.00404. The van der Waals surface area contributed by atoms with E-state index in [1.165, 1.54) is 0 Å². The van der Waals surface area contributed by atoms with Gasteiger partial charge in [-0.1, -0.05) is 23.7 Å². The highest BCUT2D eigenvalue weighted by atomic mass is 35.5. The monoisotopic (exact) mass is 398 g/mol. The highest BCUT2D eigenvalue weighted by Crippen LogP contribution is 2.24. The molecule has 5 nitrogen and oxygen atoms in total. The number of benzene rings is 2. The third kappa shape index (κ3) is 5.38. The van der Waals surface area contributed by atoms with Gasteiger partial charge in [-0.2, -0.15) is 0 Å². The van der Waals surface area contributed by atoms with Gasteiger partial charge in [0.05, 0.1) is 19.2 Å². The second kappa shape index (κ2) is 9.44. The molecule has 0 aliphatic carbocycles. The van der Waals surface area contributed by atoms with Gasteiger partial charge >= 0.3 is 0 Å². The largest absolute Gasteiger partial charge is 0.459 e. The van der Waals surface area contributed by atoms with Crippen LogP contribution in [0.2, 0.25) is 5.02 Å². The van der Waals surface area contributed by atoms with E-state index in [9.17, 15) is 4.79 Å². The Morgan fingerprint density at radius 3 is 2.68 bits per heavy atom. The number of rotatable bonds is 8. The summed E-state index contributed by atoms with van der Waals surface area (Å²) in [6.45, 7) is 2.48. The van der Waals surface area contributed by atoms with Crippen molar-refractivity contribution in [3.63, 3.8) is 0 Å². The number of ether oxygens (including phenoxy) is 1. The molecule has 3 rings (SSSR count). The Bertz CT molecular complexity index is 922. The zero-order chi connectivity index (χ0) is 19.9. The Morgan fingerprint density at radius 1 is 1.14 bits per heavy atom. The summed E-state index contributed by atoms with van der Waals surface area (Å²) in [6, 6.07) is 19.0. The minimum atomic E-state index is -0.116. The van der Waals surface area contributed by atoms with Gasteiger partial charge in [-0.3, -0.25) is 4.79 Å². The third-order valence-corrected chi connectivity index (χ3v) is 4.66. The zero-order valence-corrected chi connectivity index (χ0v) is 16.6. The van der Waals surface area contributed by atoms with Crippen LogP contribution in [0.4, 0.5) is 5.69 Å². The van der Waals surface area contributed by atoms with E-state index < -0.39 is 0 Å². The smallest absolute Gasteiger partial charge is 0.239 e. The number of halogens is 1. The molecular formula is C22H23ClN2O3. The van der Waals surface area contributed by atoms with E-state index in [1.54, 1.807) is 7.11 Å². The lowest BCUT2D eigenvalue weighted by Gasteiger charge is -2.12. The fourth-order valence-electron chi connectivity index (χ4n) is 2.71. The van der Waals surface area contributed by atoms with E-state index in [2.05, 4.69) is 10.6 Å². The molecule has 2 N–H and O–H groups in total. The molecule has 0 aliphatic rings. The number of anilines is 1. The Kier molecular flexibility index (Phi) is 6.74. The van der Waals surface area contributed by atoms with Crippen molar-refractivity contribution in [3.05, 3.63) is 77.0 Å². The van der Waals surface area contributed by atoms with E-state index in [1.807, 2.05) is 67.6 Å². The van der Waals surface area contributed by atoms with Crippen molar-refractivity contribution >= 4 is 23.2 Å². The predicted molar refractivity (Wildman–Crippen MR) is 111 cm³/mol. The molecule has 0 fully saturated rings. The maximum atomic E-state index is 12.1. The fraction of sp³-hybridized carbons (Fsp3) is 0.227. The van der Waals surface area contributed by atoms with Crippen LogP contribution in [-0.2, 0) is 16.1 Å². The van der Waals surface area contributed by atoms with Gasteiger partial charge in [-0.15, -0.1) is 0 Å². The summed E-state index contributed by atoms with van der Waals surface area (Å²) < 4.78 is 11.1. The van der Waals surface area contributed by atoms with Crippen LogP contribution >= 0.6 is 11.6 Å². The quantitative estimate of drug-likeness (QED) is 0.558. The first-order chi connectivity index (χ1) is 13.5. The van der Waals surface area contributed by atoms with Gasteiger partial charge in [0.25, 0.3) is 0 Å². The Labute approximate surface area is 169 Å². The number of amides is 1. The summed E-state index contributed by atoms with van der Waals surface area (Å²) in [7, 11) is 1.67. The van der Waals surface area contributed by atoms with Gasteiger partial charge in [0.15, 0.2) is 0 Å². The van der Waals surface area contributed by atoms with Gasteiger partial charge in [-0.25, -0.2) is 0 Å². The maximum absolute atomic E-state index is 12.1. The van der Waals surface area contributed by atoms with Gasteiger partial charge in [0.2, 0.25) is 5.91 Å². The predicted octanol–water partition coefficient (Wildman–Crippen LogP) is 5.04. The minimum Gasteiger partial charge on any atom is -0.459 e. The number of hydrogen-bond donors (Lipinski definition) is 2. The summed E-state index contributed by atoms with van der Waals surface area (Å²) >= 11 is 5.90. The van der Waals surface area contributed by atoms with Crippen molar-refractivity contribution in [2.24, 2.45) is 0 Å². The van der Waals surface area contributed by atoms with Gasteiger partial charge in [0, 0.05) is 23.4 Å². The van der Waals surface area contributed by atoms with Crippen LogP contribution in [-0.4, -0.2) is 19.6 Å². The van der Waals surface area contributed by atoms with Crippen LogP contribution in [0.15, 0.2) is 65.1 Å².